The Labute approximate surface area is 220 Å². The van der Waals surface area contributed by atoms with Gasteiger partial charge in [-0.05, 0) is 110 Å². The van der Waals surface area contributed by atoms with Crippen LogP contribution in [-0.2, 0) is 9.53 Å². The van der Waals surface area contributed by atoms with Gasteiger partial charge in [0, 0.05) is 6.92 Å². The molecule has 4 saturated carbocycles. The minimum absolute atomic E-state index is 0.0929. The van der Waals surface area contributed by atoms with Crippen LogP contribution in [0.3, 0.4) is 0 Å². The fraction of sp³-hybridized carbons (Fsp3) is 0.970. The van der Waals surface area contributed by atoms with Gasteiger partial charge in [-0.1, -0.05) is 81.6 Å². The largest absolute Gasteiger partial charge is 0.463 e. The molecule has 4 fully saturated rings. The molecule has 0 amide bonds. The predicted molar refractivity (Wildman–Crippen MR) is 151 cm³/mol. The standard InChI is InChI=1S/C29H50O2.2C2H6/c1-20(2)9-7-8-10-22-11-12-25-24-14-16-27(4)19-23(31-21(3)30)13-18-29(27,6)26(24)15-17-28(22,25)5;2*1-2/h20,22-26H,7-19H2,1-6H3;2*1-2H3. The number of hydrogen-bond donors (Lipinski definition) is 0. The first kappa shape index (κ1) is 30.7. The molecule has 0 aromatic rings. The minimum atomic E-state index is -0.0929. The van der Waals surface area contributed by atoms with Crippen molar-refractivity contribution in [1.29, 1.82) is 0 Å². The molecule has 0 N–H and O–H groups in total. The van der Waals surface area contributed by atoms with Crippen molar-refractivity contribution < 1.29 is 9.53 Å². The Morgan fingerprint density at radius 1 is 0.857 bits per heavy atom. The van der Waals surface area contributed by atoms with Gasteiger partial charge in [-0.2, -0.15) is 0 Å². The molecule has 8 atom stereocenters. The molecule has 0 saturated heterocycles. The quantitative estimate of drug-likeness (QED) is 0.273. The lowest BCUT2D eigenvalue weighted by Gasteiger charge is -2.65. The first-order valence-corrected chi connectivity index (χ1v) is 15.8. The van der Waals surface area contributed by atoms with E-state index in [0.717, 1.165) is 42.4 Å². The molecule has 2 nitrogen and oxygen atoms in total. The van der Waals surface area contributed by atoms with Crippen LogP contribution in [0.4, 0.5) is 0 Å². The maximum absolute atomic E-state index is 11.6. The van der Waals surface area contributed by atoms with Crippen molar-refractivity contribution in [1.82, 2.24) is 0 Å². The second-order valence-electron chi connectivity index (χ2n) is 13.4. The van der Waals surface area contributed by atoms with Crippen LogP contribution < -0.4 is 0 Å². The lowest BCUT2D eigenvalue weighted by Crippen LogP contribution is -2.58. The van der Waals surface area contributed by atoms with E-state index >= 15 is 0 Å². The summed E-state index contributed by atoms with van der Waals surface area (Å²) in [5, 5.41) is 0. The van der Waals surface area contributed by atoms with Crippen LogP contribution in [0.25, 0.3) is 0 Å². The number of rotatable bonds is 6. The Kier molecular flexibility index (Phi) is 11.2. The van der Waals surface area contributed by atoms with E-state index in [1.54, 1.807) is 6.92 Å². The first-order chi connectivity index (χ1) is 16.6. The smallest absolute Gasteiger partial charge is 0.302 e. The van der Waals surface area contributed by atoms with E-state index in [-0.39, 0.29) is 12.1 Å². The van der Waals surface area contributed by atoms with E-state index in [4.69, 9.17) is 4.74 Å². The fourth-order valence-corrected chi connectivity index (χ4v) is 9.45. The van der Waals surface area contributed by atoms with Crippen molar-refractivity contribution >= 4 is 5.97 Å². The number of ether oxygens (including phenoxy) is 1. The molecule has 35 heavy (non-hydrogen) atoms. The van der Waals surface area contributed by atoms with Gasteiger partial charge in [-0.15, -0.1) is 0 Å². The topological polar surface area (TPSA) is 26.3 Å². The summed E-state index contributed by atoms with van der Waals surface area (Å²) >= 11 is 0. The van der Waals surface area contributed by atoms with E-state index in [0.29, 0.717) is 16.2 Å². The fourth-order valence-electron chi connectivity index (χ4n) is 9.45. The molecule has 4 rings (SSSR count). The van der Waals surface area contributed by atoms with E-state index in [2.05, 4.69) is 34.6 Å². The number of esters is 1. The summed E-state index contributed by atoms with van der Waals surface area (Å²) in [6.07, 6.45) is 18.0. The summed E-state index contributed by atoms with van der Waals surface area (Å²) in [4.78, 5) is 11.6. The zero-order valence-electron chi connectivity index (χ0n) is 25.5. The molecule has 0 spiro atoms. The molecule has 0 aromatic carbocycles. The number of carbonyl (C=O) groups excluding carboxylic acids is 1. The summed E-state index contributed by atoms with van der Waals surface area (Å²) < 4.78 is 5.71. The van der Waals surface area contributed by atoms with E-state index in [9.17, 15) is 4.79 Å². The third-order valence-corrected chi connectivity index (χ3v) is 11.4. The predicted octanol–water partition coefficient (Wildman–Crippen LogP) is 10.2. The van der Waals surface area contributed by atoms with Crippen molar-refractivity contribution in [3.8, 4) is 0 Å². The summed E-state index contributed by atoms with van der Waals surface area (Å²) in [5.41, 5.74) is 1.39. The van der Waals surface area contributed by atoms with Gasteiger partial charge in [0.25, 0.3) is 0 Å². The summed E-state index contributed by atoms with van der Waals surface area (Å²) in [6.45, 7) is 22.2. The number of unbranched alkanes of at least 4 members (excludes halogenated alkanes) is 1. The molecular formula is C33H62O2. The molecule has 0 aliphatic heterocycles. The van der Waals surface area contributed by atoms with E-state index < -0.39 is 0 Å². The molecule has 206 valence electrons. The van der Waals surface area contributed by atoms with Crippen molar-refractivity contribution in [2.45, 2.75) is 159 Å². The van der Waals surface area contributed by atoms with Crippen molar-refractivity contribution in [2.75, 3.05) is 0 Å². The Bertz CT molecular complexity index is 655. The van der Waals surface area contributed by atoms with Crippen LogP contribution in [0.15, 0.2) is 0 Å². The summed E-state index contributed by atoms with van der Waals surface area (Å²) in [7, 11) is 0. The molecule has 0 heterocycles. The number of hydrogen-bond acceptors (Lipinski definition) is 2. The highest BCUT2D eigenvalue weighted by Crippen LogP contribution is 2.71. The van der Waals surface area contributed by atoms with Gasteiger partial charge < -0.3 is 4.74 Å². The average molecular weight is 491 g/mol. The summed E-state index contributed by atoms with van der Waals surface area (Å²) in [6, 6.07) is 0. The zero-order valence-corrected chi connectivity index (χ0v) is 25.5. The molecular weight excluding hydrogens is 428 g/mol. The van der Waals surface area contributed by atoms with Crippen LogP contribution in [0.5, 0.6) is 0 Å². The Morgan fingerprint density at radius 2 is 1.54 bits per heavy atom. The molecule has 0 bridgehead atoms. The Hall–Kier alpha value is -0.530. The highest BCUT2D eigenvalue weighted by atomic mass is 16.5. The molecule has 4 aliphatic rings. The SMILES string of the molecule is CC.CC.CC(=O)OC1CCC2(C)C3CCC4(C)C(CCCCC(C)C)CCC4C3CCC2(C)C1. The van der Waals surface area contributed by atoms with Gasteiger partial charge in [0.15, 0.2) is 0 Å². The second kappa shape index (κ2) is 12.8. The molecule has 8 unspecified atom stereocenters. The van der Waals surface area contributed by atoms with Crippen LogP contribution >= 0.6 is 0 Å². The van der Waals surface area contributed by atoms with Gasteiger partial charge in [0.1, 0.15) is 6.10 Å². The summed E-state index contributed by atoms with van der Waals surface area (Å²) in [5.74, 6) is 4.55. The first-order valence-electron chi connectivity index (χ1n) is 15.8. The monoisotopic (exact) mass is 490 g/mol. The van der Waals surface area contributed by atoms with Gasteiger partial charge in [-0.25, -0.2) is 0 Å². The van der Waals surface area contributed by atoms with Gasteiger partial charge in [0.2, 0.25) is 0 Å². The lowest BCUT2D eigenvalue weighted by molar-refractivity contribution is -0.182. The maximum atomic E-state index is 11.6. The van der Waals surface area contributed by atoms with E-state index in [1.165, 1.54) is 70.6 Å². The maximum Gasteiger partial charge on any atom is 0.302 e. The minimum Gasteiger partial charge on any atom is -0.463 e. The Balaban J connectivity index is 0.00000103. The van der Waals surface area contributed by atoms with Crippen LogP contribution in [0.2, 0.25) is 0 Å². The van der Waals surface area contributed by atoms with Crippen LogP contribution in [0, 0.1) is 45.8 Å². The lowest BCUT2D eigenvalue weighted by atomic mass is 9.40. The molecule has 0 radical (unpaired) electrons. The third kappa shape index (κ3) is 6.14. The second-order valence-corrected chi connectivity index (χ2v) is 13.4. The number of fused-ring (bicyclic) bond motifs is 5. The van der Waals surface area contributed by atoms with E-state index in [1.807, 2.05) is 27.7 Å². The third-order valence-electron chi connectivity index (χ3n) is 11.4. The van der Waals surface area contributed by atoms with Crippen molar-refractivity contribution in [2.24, 2.45) is 45.8 Å². The molecule has 4 aliphatic carbocycles. The van der Waals surface area contributed by atoms with Gasteiger partial charge in [0.05, 0.1) is 0 Å². The highest BCUT2D eigenvalue weighted by molar-refractivity contribution is 5.66. The highest BCUT2D eigenvalue weighted by Gasteiger charge is 2.63. The number of carbonyl (C=O) groups is 1. The zero-order chi connectivity index (χ0) is 26.4. The van der Waals surface area contributed by atoms with Crippen LogP contribution in [0.1, 0.15) is 153 Å². The van der Waals surface area contributed by atoms with Gasteiger partial charge >= 0.3 is 5.97 Å². The van der Waals surface area contributed by atoms with Crippen LogP contribution in [-0.4, -0.2) is 12.1 Å². The Morgan fingerprint density at radius 3 is 2.17 bits per heavy atom. The normalized spacial score (nSPS) is 41.9. The van der Waals surface area contributed by atoms with Gasteiger partial charge in [-0.3, -0.25) is 4.79 Å². The molecule has 0 aromatic heterocycles. The molecule has 2 heteroatoms. The van der Waals surface area contributed by atoms with Crippen molar-refractivity contribution in [3.63, 3.8) is 0 Å². The average Bonchev–Trinajstić information content (AvgIpc) is 3.16. The van der Waals surface area contributed by atoms with Crippen molar-refractivity contribution in [3.05, 3.63) is 0 Å².